The Morgan fingerprint density at radius 2 is 2.17 bits per heavy atom. The zero-order valence-electron chi connectivity index (χ0n) is 6.52. The molecule has 0 unspecified atom stereocenters. The fraction of sp³-hybridized carbons (Fsp3) is 0.250. The Morgan fingerprint density at radius 1 is 1.50 bits per heavy atom. The largest absolute Gasteiger partial charge is 0.317 e. The number of aromatic nitrogens is 1. The fourth-order valence-corrected chi connectivity index (χ4v) is 1.47. The van der Waals surface area contributed by atoms with Crippen LogP contribution in [0.4, 0.5) is 8.78 Å². The number of pyridine rings is 1. The van der Waals surface area contributed by atoms with Gasteiger partial charge in [-0.05, 0) is 39.8 Å². The van der Waals surface area contributed by atoms with E-state index in [9.17, 15) is 8.78 Å². The van der Waals surface area contributed by atoms with Gasteiger partial charge >= 0.3 is 3.93 Å². The van der Waals surface area contributed by atoms with Crippen LogP contribution in [-0.4, -0.2) is 9.50 Å². The lowest BCUT2D eigenvalue weighted by molar-refractivity contribution is 0.127. The Morgan fingerprint density at radius 3 is 2.58 bits per heavy atom. The molecule has 66 valence electrons. The van der Waals surface area contributed by atoms with Gasteiger partial charge in [0.2, 0.25) is 0 Å². The van der Waals surface area contributed by atoms with E-state index >= 15 is 0 Å². The average molecular weight is 283 g/mol. The lowest BCUT2D eigenvalue weighted by Gasteiger charge is -2.09. The molecule has 0 fully saturated rings. The number of halogens is 3. The summed E-state index contributed by atoms with van der Waals surface area (Å²) < 4.78 is 26.5. The van der Waals surface area contributed by atoms with E-state index in [-0.39, 0.29) is 5.56 Å². The van der Waals surface area contributed by atoms with Crippen LogP contribution in [-0.2, 0) is 3.93 Å². The number of alkyl halides is 3. The number of hydrogen-bond acceptors (Lipinski definition) is 1. The maximum Gasteiger partial charge on any atom is 0.317 e. The van der Waals surface area contributed by atoms with Gasteiger partial charge in [-0.2, -0.15) is 8.78 Å². The number of hydrogen-bond donors (Lipinski definition) is 0. The van der Waals surface area contributed by atoms with Crippen LogP contribution < -0.4 is 0 Å². The van der Waals surface area contributed by atoms with Crippen LogP contribution in [0.3, 0.4) is 0 Å². The standard InChI is InChI=1S/C8H8F2IN/c1-6-3-4-7(5-12-6)8(9,10)11-2/h3-5H,2H2,1H3. The smallest absolute Gasteiger partial charge is 0.261 e. The first kappa shape index (κ1) is 9.70. The van der Waals surface area contributed by atoms with Gasteiger partial charge in [0.25, 0.3) is 0 Å². The monoisotopic (exact) mass is 283 g/mol. The molecule has 0 aromatic carbocycles. The summed E-state index contributed by atoms with van der Waals surface area (Å²) in [5.41, 5.74) is 0.729. The minimum Gasteiger partial charge on any atom is -0.261 e. The molecule has 0 aliphatic carbocycles. The maximum absolute atomic E-state index is 13.0. The zero-order chi connectivity index (χ0) is 9.19. The SMILES string of the molecule is C=IC(F)(F)c1ccc(C)nc1. The molecule has 4 heteroatoms. The maximum atomic E-state index is 13.0. The Bertz CT molecular complexity index is 282. The molecule has 0 atom stereocenters. The molecule has 12 heavy (non-hydrogen) atoms. The summed E-state index contributed by atoms with van der Waals surface area (Å²) in [6.45, 7) is 1.77. The second-order valence-corrected chi connectivity index (χ2v) is 4.44. The lowest BCUT2D eigenvalue weighted by Crippen LogP contribution is -2.03. The van der Waals surface area contributed by atoms with Crippen molar-refractivity contribution < 1.29 is 8.78 Å². The summed E-state index contributed by atoms with van der Waals surface area (Å²) >= 11 is -1.35. The summed E-state index contributed by atoms with van der Waals surface area (Å²) in [5.74, 6) is 0. The van der Waals surface area contributed by atoms with Crippen molar-refractivity contribution in [3.05, 3.63) is 29.6 Å². The Hall–Kier alpha value is -0.390. The summed E-state index contributed by atoms with van der Waals surface area (Å²) in [4.78, 5) is 3.80. The molecule has 0 amide bonds. The number of nitrogens with zero attached hydrogens (tertiary/aromatic N) is 1. The van der Waals surface area contributed by atoms with E-state index < -0.39 is 24.7 Å². The average Bonchev–Trinajstić information content (AvgIpc) is 2.05. The minimum atomic E-state index is -2.74. The van der Waals surface area contributed by atoms with E-state index in [1.165, 1.54) is 12.3 Å². The van der Waals surface area contributed by atoms with Crippen LogP contribution in [0.1, 0.15) is 11.3 Å². The first-order chi connectivity index (χ1) is 5.56. The van der Waals surface area contributed by atoms with Gasteiger partial charge in [0.1, 0.15) is 0 Å². The van der Waals surface area contributed by atoms with Gasteiger partial charge < -0.3 is 0 Å². The van der Waals surface area contributed by atoms with E-state index in [1.54, 1.807) is 13.0 Å². The van der Waals surface area contributed by atoms with Gasteiger partial charge in [-0.25, -0.2) is 0 Å². The summed E-state index contributed by atoms with van der Waals surface area (Å²) in [6, 6.07) is 3.00. The van der Waals surface area contributed by atoms with Crippen molar-refractivity contribution in [2.24, 2.45) is 0 Å². The molecule has 0 aliphatic heterocycles. The molecule has 0 N–H and O–H groups in total. The van der Waals surface area contributed by atoms with Crippen molar-refractivity contribution in [1.82, 2.24) is 4.98 Å². The highest BCUT2D eigenvalue weighted by molar-refractivity contribution is 14.2. The molecule has 0 saturated heterocycles. The van der Waals surface area contributed by atoms with E-state index in [0.29, 0.717) is 0 Å². The lowest BCUT2D eigenvalue weighted by atomic mass is 10.3. The minimum absolute atomic E-state index is 0.0177. The Labute approximate surface area is 79.6 Å². The van der Waals surface area contributed by atoms with E-state index in [1.807, 2.05) is 0 Å². The number of aryl methyl sites for hydroxylation is 1. The molecule has 0 aliphatic rings. The third-order valence-electron chi connectivity index (χ3n) is 1.41. The highest BCUT2D eigenvalue weighted by atomic mass is 127. The fourth-order valence-electron chi connectivity index (χ4n) is 0.713. The summed E-state index contributed by atoms with van der Waals surface area (Å²) in [7, 11) is 0. The molecule has 1 aromatic rings. The van der Waals surface area contributed by atoms with Crippen molar-refractivity contribution in [3.8, 4) is 0 Å². The van der Waals surface area contributed by atoms with Crippen molar-refractivity contribution in [3.63, 3.8) is 0 Å². The second-order valence-electron chi connectivity index (χ2n) is 2.32. The van der Waals surface area contributed by atoms with Crippen molar-refractivity contribution >= 4 is 25.2 Å². The van der Waals surface area contributed by atoms with E-state index in [2.05, 4.69) is 9.50 Å². The van der Waals surface area contributed by atoms with Gasteiger partial charge in [-0.1, -0.05) is 4.51 Å². The summed E-state index contributed by atoms with van der Waals surface area (Å²) in [6.07, 6.45) is 1.22. The zero-order valence-corrected chi connectivity index (χ0v) is 8.68. The highest BCUT2D eigenvalue weighted by Gasteiger charge is 2.27. The predicted octanol–water partition coefficient (Wildman–Crippen LogP) is 2.84. The van der Waals surface area contributed by atoms with Crippen LogP contribution in [0.5, 0.6) is 0 Å². The molecule has 1 rings (SSSR count). The number of rotatable bonds is 2. The molecule has 1 heterocycles. The molecule has 1 aromatic heterocycles. The molecule has 0 radical (unpaired) electrons. The molecular weight excluding hydrogens is 275 g/mol. The Kier molecular flexibility index (Phi) is 2.87. The van der Waals surface area contributed by atoms with Gasteiger partial charge in [0.15, 0.2) is 0 Å². The van der Waals surface area contributed by atoms with Gasteiger partial charge in [-0.3, -0.25) is 4.98 Å². The first-order valence-electron chi connectivity index (χ1n) is 3.27. The summed E-state index contributed by atoms with van der Waals surface area (Å²) in [5, 5.41) is 0. The highest BCUT2D eigenvalue weighted by Crippen LogP contribution is 2.37. The van der Waals surface area contributed by atoms with Crippen LogP contribution >= 0.6 is 20.7 Å². The van der Waals surface area contributed by atoms with Crippen LogP contribution in [0.15, 0.2) is 18.3 Å². The van der Waals surface area contributed by atoms with Crippen LogP contribution in [0.2, 0.25) is 0 Å². The molecule has 0 spiro atoms. The topological polar surface area (TPSA) is 12.9 Å². The van der Waals surface area contributed by atoms with Gasteiger partial charge in [-0.15, -0.1) is 0 Å². The normalized spacial score (nSPS) is 11.6. The van der Waals surface area contributed by atoms with Crippen molar-refractivity contribution in [1.29, 1.82) is 0 Å². The van der Waals surface area contributed by atoms with Crippen LogP contribution in [0, 0.1) is 6.92 Å². The van der Waals surface area contributed by atoms with Crippen LogP contribution in [0.25, 0.3) is 0 Å². The first-order valence-corrected chi connectivity index (χ1v) is 5.87. The molecule has 0 bridgehead atoms. The third kappa shape index (κ3) is 2.06. The third-order valence-corrected chi connectivity index (χ3v) is 2.99. The molecule has 0 saturated carbocycles. The molecule has 1 nitrogen and oxygen atoms in total. The van der Waals surface area contributed by atoms with Gasteiger partial charge in [0, 0.05) is 17.5 Å². The van der Waals surface area contributed by atoms with Crippen molar-refractivity contribution in [2.45, 2.75) is 10.9 Å². The Balaban J connectivity index is 3.04. The van der Waals surface area contributed by atoms with E-state index in [4.69, 9.17) is 0 Å². The predicted molar refractivity (Wildman–Crippen MR) is 54.0 cm³/mol. The van der Waals surface area contributed by atoms with Crippen molar-refractivity contribution in [2.75, 3.05) is 0 Å². The second kappa shape index (κ2) is 3.55. The quantitative estimate of drug-likeness (QED) is 0.601. The molecular formula is C8H8F2IN. The van der Waals surface area contributed by atoms with E-state index in [0.717, 1.165) is 5.69 Å². The van der Waals surface area contributed by atoms with Gasteiger partial charge in [0.05, 0.1) is 0 Å².